The highest BCUT2D eigenvalue weighted by molar-refractivity contribution is 5.46. The third-order valence-electron chi connectivity index (χ3n) is 4.91. The van der Waals surface area contributed by atoms with E-state index in [0.717, 1.165) is 31.6 Å². The molecule has 1 aliphatic heterocycles. The number of hydrogen-bond donors (Lipinski definition) is 1. The second kappa shape index (κ2) is 5.53. The second-order valence-electron chi connectivity index (χ2n) is 6.37. The van der Waals surface area contributed by atoms with Crippen molar-refractivity contribution in [3.05, 3.63) is 65.2 Å². The Bertz CT molecular complexity index is 543. The summed E-state index contributed by atoms with van der Waals surface area (Å²) in [7, 11) is 2.21. The highest BCUT2D eigenvalue weighted by Crippen LogP contribution is 2.41. The van der Waals surface area contributed by atoms with E-state index in [0.29, 0.717) is 0 Å². The van der Waals surface area contributed by atoms with Crippen molar-refractivity contribution in [2.75, 3.05) is 25.9 Å². The molecule has 1 heterocycles. The molecule has 0 unspecified atom stereocenters. The molecule has 1 fully saturated rings. The van der Waals surface area contributed by atoms with Gasteiger partial charge in [-0.15, -0.1) is 0 Å². The third-order valence-corrected chi connectivity index (χ3v) is 4.91. The van der Waals surface area contributed by atoms with Crippen molar-refractivity contribution >= 4 is 5.69 Å². The largest absolute Gasteiger partial charge is 0.399 e. The Morgan fingerprint density at radius 2 is 1.33 bits per heavy atom. The summed E-state index contributed by atoms with van der Waals surface area (Å²) in [5.74, 6) is 0. The first-order valence-electron chi connectivity index (χ1n) is 7.72. The Morgan fingerprint density at radius 1 is 0.857 bits per heavy atom. The van der Waals surface area contributed by atoms with Gasteiger partial charge in [0, 0.05) is 11.1 Å². The SMILES string of the molecule is Cc1ccc(C2(c3ccc(N)cc3)CCN(C)CC2)cc1. The van der Waals surface area contributed by atoms with Crippen LogP contribution in [0.3, 0.4) is 0 Å². The van der Waals surface area contributed by atoms with Crippen molar-refractivity contribution in [1.29, 1.82) is 0 Å². The molecule has 1 saturated heterocycles. The molecule has 0 atom stereocenters. The van der Waals surface area contributed by atoms with Gasteiger partial charge in [0.05, 0.1) is 0 Å². The molecule has 3 rings (SSSR count). The lowest BCUT2D eigenvalue weighted by Gasteiger charge is -2.42. The number of hydrogen-bond acceptors (Lipinski definition) is 2. The normalized spacial score (nSPS) is 18.6. The maximum Gasteiger partial charge on any atom is 0.0314 e. The zero-order chi connectivity index (χ0) is 14.9. The van der Waals surface area contributed by atoms with Crippen LogP contribution >= 0.6 is 0 Å². The monoisotopic (exact) mass is 280 g/mol. The molecule has 2 heteroatoms. The summed E-state index contributed by atoms with van der Waals surface area (Å²) in [6.07, 6.45) is 2.33. The van der Waals surface area contributed by atoms with Crippen LogP contribution in [0.1, 0.15) is 29.5 Å². The van der Waals surface area contributed by atoms with Crippen LogP contribution in [0.5, 0.6) is 0 Å². The number of aryl methyl sites for hydroxylation is 1. The first-order chi connectivity index (χ1) is 10.1. The summed E-state index contributed by atoms with van der Waals surface area (Å²) in [6, 6.07) is 17.5. The quantitative estimate of drug-likeness (QED) is 0.852. The van der Waals surface area contributed by atoms with Crippen LogP contribution in [0.25, 0.3) is 0 Å². The molecule has 0 aromatic heterocycles. The van der Waals surface area contributed by atoms with E-state index in [9.17, 15) is 0 Å². The highest BCUT2D eigenvalue weighted by atomic mass is 15.1. The van der Waals surface area contributed by atoms with Crippen molar-refractivity contribution in [2.24, 2.45) is 0 Å². The lowest BCUT2D eigenvalue weighted by molar-refractivity contribution is 0.213. The van der Waals surface area contributed by atoms with E-state index < -0.39 is 0 Å². The number of benzene rings is 2. The van der Waals surface area contributed by atoms with E-state index in [1.165, 1.54) is 16.7 Å². The molecule has 0 saturated carbocycles. The summed E-state index contributed by atoms with van der Waals surface area (Å²) in [4.78, 5) is 2.42. The van der Waals surface area contributed by atoms with Crippen molar-refractivity contribution in [2.45, 2.75) is 25.2 Å². The lowest BCUT2D eigenvalue weighted by atomic mass is 9.68. The van der Waals surface area contributed by atoms with E-state index in [1.54, 1.807) is 0 Å². The Kier molecular flexibility index (Phi) is 3.73. The summed E-state index contributed by atoms with van der Waals surface area (Å²) in [5, 5.41) is 0. The minimum absolute atomic E-state index is 0.133. The van der Waals surface area contributed by atoms with E-state index in [4.69, 9.17) is 5.73 Å². The molecule has 1 aliphatic rings. The van der Waals surface area contributed by atoms with E-state index in [-0.39, 0.29) is 5.41 Å². The number of likely N-dealkylation sites (tertiary alicyclic amines) is 1. The minimum Gasteiger partial charge on any atom is -0.399 e. The van der Waals surface area contributed by atoms with Crippen LogP contribution in [-0.4, -0.2) is 25.0 Å². The van der Waals surface area contributed by atoms with Gasteiger partial charge in [0.15, 0.2) is 0 Å². The molecule has 0 radical (unpaired) electrons. The smallest absolute Gasteiger partial charge is 0.0314 e. The first-order valence-corrected chi connectivity index (χ1v) is 7.72. The second-order valence-corrected chi connectivity index (χ2v) is 6.37. The molecule has 2 aromatic rings. The molecule has 0 amide bonds. The van der Waals surface area contributed by atoms with E-state index in [2.05, 4.69) is 55.3 Å². The van der Waals surface area contributed by atoms with Gasteiger partial charge in [0.25, 0.3) is 0 Å². The van der Waals surface area contributed by atoms with Crippen LogP contribution in [0.2, 0.25) is 0 Å². The lowest BCUT2D eigenvalue weighted by Crippen LogP contribution is -2.41. The average Bonchev–Trinajstić information content (AvgIpc) is 2.50. The van der Waals surface area contributed by atoms with Gasteiger partial charge in [-0.25, -0.2) is 0 Å². The Morgan fingerprint density at radius 3 is 1.86 bits per heavy atom. The van der Waals surface area contributed by atoms with Crippen LogP contribution in [0.15, 0.2) is 48.5 Å². The van der Waals surface area contributed by atoms with Gasteiger partial charge in [-0.3, -0.25) is 0 Å². The average molecular weight is 280 g/mol. The van der Waals surface area contributed by atoms with Crippen LogP contribution in [0, 0.1) is 6.92 Å². The molecule has 0 spiro atoms. The molecule has 2 N–H and O–H groups in total. The number of rotatable bonds is 2. The topological polar surface area (TPSA) is 29.3 Å². The molecular formula is C19H24N2. The van der Waals surface area contributed by atoms with Crippen molar-refractivity contribution in [1.82, 2.24) is 4.90 Å². The molecule has 2 aromatic carbocycles. The summed E-state index contributed by atoms with van der Waals surface area (Å²) in [5.41, 5.74) is 11.0. The fourth-order valence-electron chi connectivity index (χ4n) is 3.42. The highest BCUT2D eigenvalue weighted by Gasteiger charge is 2.36. The van der Waals surface area contributed by atoms with Gasteiger partial charge in [0.1, 0.15) is 0 Å². The number of nitrogens with zero attached hydrogens (tertiary/aromatic N) is 1. The van der Waals surface area contributed by atoms with Crippen LogP contribution in [0.4, 0.5) is 5.69 Å². The molecule has 0 aliphatic carbocycles. The molecule has 110 valence electrons. The Hall–Kier alpha value is -1.80. The Balaban J connectivity index is 2.06. The van der Waals surface area contributed by atoms with E-state index in [1.807, 2.05) is 12.1 Å². The van der Waals surface area contributed by atoms with Gasteiger partial charge in [-0.2, -0.15) is 0 Å². The van der Waals surface area contributed by atoms with Crippen molar-refractivity contribution < 1.29 is 0 Å². The fraction of sp³-hybridized carbons (Fsp3) is 0.368. The van der Waals surface area contributed by atoms with Gasteiger partial charge in [-0.05, 0) is 63.2 Å². The predicted molar refractivity (Wildman–Crippen MR) is 89.5 cm³/mol. The molecule has 21 heavy (non-hydrogen) atoms. The number of anilines is 1. The molecule has 2 nitrogen and oxygen atoms in total. The standard InChI is InChI=1S/C19H24N2/c1-15-3-5-16(6-4-15)19(11-13-21(2)14-12-19)17-7-9-18(20)10-8-17/h3-10H,11-14,20H2,1-2H3. The summed E-state index contributed by atoms with van der Waals surface area (Å²) < 4.78 is 0. The number of piperidine rings is 1. The first kappa shape index (κ1) is 14.2. The maximum absolute atomic E-state index is 5.87. The minimum atomic E-state index is 0.133. The van der Waals surface area contributed by atoms with Gasteiger partial charge in [0.2, 0.25) is 0 Å². The van der Waals surface area contributed by atoms with E-state index >= 15 is 0 Å². The fourth-order valence-corrected chi connectivity index (χ4v) is 3.42. The van der Waals surface area contributed by atoms with Crippen molar-refractivity contribution in [3.8, 4) is 0 Å². The van der Waals surface area contributed by atoms with Crippen molar-refractivity contribution in [3.63, 3.8) is 0 Å². The van der Waals surface area contributed by atoms with Gasteiger partial charge < -0.3 is 10.6 Å². The number of nitrogens with two attached hydrogens (primary N) is 1. The van der Waals surface area contributed by atoms with Gasteiger partial charge >= 0.3 is 0 Å². The summed E-state index contributed by atoms with van der Waals surface area (Å²) >= 11 is 0. The molecular weight excluding hydrogens is 256 g/mol. The number of nitrogen functional groups attached to an aromatic ring is 1. The predicted octanol–water partition coefficient (Wildman–Crippen LogP) is 3.59. The Labute approximate surface area is 127 Å². The van der Waals surface area contributed by atoms with Crippen LogP contribution < -0.4 is 5.73 Å². The zero-order valence-electron chi connectivity index (χ0n) is 13.0. The maximum atomic E-state index is 5.87. The molecule has 0 bridgehead atoms. The van der Waals surface area contributed by atoms with Gasteiger partial charge in [-0.1, -0.05) is 42.0 Å². The summed E-state index contributed by atoms with van der Waals surface area (Å²) in [6.45, 7) is 4.42. The third kappa shape index (κ3) is 2.68. The zero-order valence-corrected chi connectivity index (χ0v) is 13.0. The van der Waals surface area contributed by atoms with Crippen LogP contribution in [-0.2, 0) is 5.41 Å².